The second-order valence-electron chi connectivity index (χ2n) is 7.98. The summed E-state index contributed by atoms with van der Waals surface area (Å²) in [6.45, 7) is 7.99. The molecule has 0 saturated carbocycles. The van der Waals surface area contributed by atoms with Gasteiger partial charge in [-0.25, -0.2) is 0 Å². The Morgan fingerprint density at radius 3 is 2.24 bits per heavy atom. The quantitative estimate of drug-likeness (QED) is 0.295. The van der Waals surface area contributed by atoms with Crippen molar-refractivity contribution in [2.45, 2.75) is 37.5 Å². The van der Waals surface area contributed by atoms with Gasteiger partial charge in [-0.2, -0.15) is 0 Å². The third-order valence-corrected chi connectivity index (χ3v) is 5.27. The third kappa shape index (κ3) is 8.65. The fourth-order valence-electron chi connectivity index (χ4n) is 3.48. The fraction of sp³-hybridized carbons (Fsp3) is 0.308. The molecule has 2 aromatic carbocycles. The van der Waals surface area contributed by atoms with Gasteiger partial charge in [-0.05, 0) is 35.1 Å². The number of nitrogens with two attached hydrogens (primary N) is 2. The minimum atomic E-state index is -1.33. The molecule has 0 saturated heterocycles. The number of carbonyl (C=O) groups excluding carboxylic acids is 2. The number of rotatable bonds is 13. The van der Waals surface area contributed by atoms with Crippen molar-refractivity contribution in [3.05, 3.63) is 83.9 Å². The lowest BCUT2D eigenvalue weighted by Gasteiger charge is -2.18. The first-order chi connectivity index (χ1) is 15.8. The summed E-state index contributed by atoms with van der Waals surface area (Å²) in [7, 11) is 0. The van der Waals surface area contributed by atoms with Crippen LogP contribution >= 0.6 is 0 Å². The molecule has 2 amide bonds. The molecular formula is C26H34N4O3. The topological polar surface area (TPSA) is 130 Å². The van der Waals surface area contributed by atoms with E-state index in [1.807, 2.05) is 48.5 Å². The molecule has 3 atom stereocenters. The molecule has 0 aliphatic carbocycles. The Kier molecular flexibility index (Phi) is 10.5. The lowest BCUT2D eigenvalue weighted by molar-refractivity contribution is -0.130. The van der Waals surface area contributed by atoms with Gasteiger partial charge in [0.25, 0.3) is 5.91 Å². The molecular weight excluding hydrogens is 416 g/mol. The lowest BCUT2D eigenvalue weighted by atomic mass is 9.98. The van der Waals surface area contributed by atoms with Gasteiger partial charge < -0.3 is 27.2 Å². The first kappa shape index (κ1) is 26.0. The number of hydrogen-bond acceptors (Lipinski definition) is 5. The molecule has 7 heteroatoms. The summed E-state index contributed by atoms with van der Waals surface area (Å²) in [5, 5.41) is 15.4. The van der Waals surface area contributed by atoms with E-state index in [0.29, 0.717) is 12.8 Å². The number of carbonyl (C=O) groups is 2. The summed E-state index contributed by atoms with van der Waals surface area (Å²) in [5.74, 6) is -0.768. The van der Waals surface area contributed by atoms with Crippen LogP contribution in [0.1, 0.15) is 28.7 Å². The van der Waals surface area contributed by atoms with E-state index in [0.717, 1.165) is 22.3 Å². The van der Waals surface area contributed by atoms with Crippen molar-refractivity contribution in [1.29, 1.82) is 0 Å². The van der Waals surface area contributed by atoms with Crippen molar-refractivity contribution >= 4 is 24.0 Å². The van der Waals surface area contributed by atoms with E-state index < -0.39 is 18.1 Å². The van der Waals surface area contributed by atoms with Gasteiger partial charge in [0.2, 0.25) is 5.91 Å². The molecule has 7 nitrogen and oxygen atoms in total. The van der Waals surface area contributed by atoms with Crippen LogP contribution in [0, 0.1) is 0 Å². The maximum atomic E-state index is 12.2. The third-order valence-electron chi connectivity index (χ3n) is 5.27. The van der Waals surface area contributed by atoms with E-state index in [-0.39, 0.29) is 31.5 Å². The number of nitrogens with one attached hydrogen (secondary N) is 2. The number of aliphatic hydroxyl groups excluding tert-OH is 1. The van der Waals surface area contributed by atoms with Crippen LogP contribution in [-0.2, 0) is 22.4 Å². The standard InChI is InChI=1S/C26H34N4O3/c1-3-20-11-10-19(14-21(20)4-2)15-22(27)17-24(31)29-12-13-30-26(33)25(32)23(28)16-18-8-6-5-7-9-18/h3-11,14,22-23,25,32H,1-2,12-13,15-17,27-28H2,(H,29,31)(H,30,33). The predicted octanol–water partition coefficient (Wildman–Crippen LogP) is 1.40. The zero-order valence-corrected chi connectivity index (χ0v) is 18.9. The van der Waals surface area contributed by atoms with Crippen molar-refractivity contribution in [2.75, 3.05) is 13.1 Å². The minimum absolute atomic E-state index is 0.158. The van der Waals surface area contributed by atoms with Crippen molar-refractivity contribution in [1.82, 2.24) is 10.6 Å². The highest BCUT2D eigenvalue weighted by Crippen LogP contribution is 2.16. The predicted molar refractivity (Wildman–Crippen MR) is 133 cm³/mol. The van der Waals surface area contributed by atoms with Crippen LogP contribution in [0.15, 0.2) is 61.7 Å². The van der Waals surface area contributed by atoms with Crippen molar-refractivity contribution in [3.8, 4) is 0 Å². The molecule has 176 valence electrons. The first-order valence-electron chi connectivity index (χ1n) is 11.0. The highest BCUT2D eigenvalue weighted by molar-refractivity contribution is 5.81. The molecule has 33 heavy (non-hydrogen) atoms. The zero-order valence-electron chi connectivity index (χ0n) is 18.9. The zero-order chi connectivity index (χ0) is 24.2. The molecule has 0 aliphatic heterocycles. The maximum absolute atomic E-state index is 12.2. The van der Waals surface area contributed by atoms with E-state index in [2.05, 4.69) is 23.8 Å². The molecule has 0 heterocycles. The van der Waals surface area contributed by atoms with Gasteiger partial charge in [0, 0.05) is 31.6 Å². The van der Waals surface area contributed by atoms with Gasteiger partial charge in [0.15, 0.2) is 0 Å². The monoisotopic (exact) mass is 450 g/mol. The molecule has 3 unspecified atom stereocenters. The average Bonchev–Trinajstić information content (AvgIpc) is 2.81. The van der Waals surface area contributed by atoms with Crippen LogP contribution in [-0.4, -0.2) is 48.2 Å². The Labute approximate surface area is 195 Å². The van der Waals surface area contributed by atoms with E-state index in [1.165, 1.54) is 0 Å². The highest BCUT2D eigenvalue weighted by atomic mass is 16.3. The summed E-state index contributed by atoms with van der Waals surface area (Å²) in [6, 6.07) is 14.3. The fourth-order valence-corrected chi connectivity index (χ4v) is 3.48. The second kappa shape index (κ2) is 13.3. The molecule has 0 radical (unpaired) electrons. The molecule has 7 N–H and O–H groups in total. The van der Waals surface area contributed by atoms with Gasteiger partial charge in [-0.15, -0.1) is 0 Å². The molecule has 0 spiro atoms. The SMILES string of the molecule is C=Cc1ccc(CC(N)CC(=O)NCCNC(=O)C(O)C(N)Cc2ccccc2)cc1C=C. The molecule has 0 aliphatic rings. The summed E-state index contributed by atoms with van der Waals surface area (Å²) < 4.78 is 0. The van der Waals surface area contributed by atoms with Crippen molar-refractivity contribution < 1.29 is 14.7 Å². The highest BCUT2D eigenvalue weighted by Gasteiger charge is 2.22. The lowest BCUT2D eigenvalue weighted by Crippen LogP contribution is -2.48. The summed E-state index contributed by atoms with van der Waals surface area (Å²) in [6.07, 6.45) is 3.29. The van der Waals surface area contributed by atoms with Gasteiger partial charge in [0.1, 0.15) is 6.10 Å². The van der Waals surface area contributed by atoms with E-state index >= 15 is 0 Å². The van der Waals surface area contributed by atoms with Crippen LogP contribution in [0.2, 0.25) is 0 Å². The number of benzene rings is 2. The molecule has 0 fully saturated rings. The van der Waals surface area contributed by atoms with Crippen LogP contribution in [0.4, 0.5) is 0 Å². The van der Waals surface area contributed by atoms with Gasteiger partial charge in [0.05, 0.1) is 0 Å². The van der Waals surface area contributed by atoms with Crippen LogP contribution in [0.25, 0.3) is 12.2 Å². The summed E-state index contributed by atoms with van der Waals surface area (Å²) in [4.78, 5) is 24.3. The van der Waals surface area contributed by atoms with Crippen molar-refractivity contribution in [3.63, 3.8) is 0 Å². The van der Waals surface area contributed by atoms with Gasteiger partial charge in [-0.3, -0.25) is 9.59 Å². The van der Waals surface area contributed by atoms with Gasteiger partial charge >= 0.3 is 0 Å². The first-order valence-corrected chi connectivity index (χ1v) is 11.0. The molecule has 0 bridgehead atoms. The number of hydrogen-bond donors (Lipinski definition) is 5. The average molecular weight is 451 g/mol. The van der Waals surface area contributed by atoms with Gasteiger partial charge in [-0.1, -0.05) is 73.8 Å². The minimum Gasteiger partial charge on any atom is -0.382 e. The molecule has 0 aromatic heterocycles. The molecule has 2 aromatic rings. The van der Waals surface area contributed by atoms with Crippen LogP contribution in [0.5, 0.6) is 0 Å². The summed E-state index contributed by atoms with van der Waals surface area (Å²) >= 11 is 0. The Balaban J connectivity index is 1.68. The normalized spacial score (nSPS) is 13.4. The number of amides is 2. The van der Waals surface area contributed by atoms with E-state index in [9.17, 15) is 14.7 Å². The Morgan fingerprint density at radius 2 is 1.58 bits per heavy atom. The van der Waals surface area contributed by atoms with Crippen LogP contribution < -0.4 is 22.1 Å². The number of aliphatic hydroxyl groups is 1. The van der Waals surface area contributed by atoms with E-state index in [4.69, 9.17) is 11.5 Å². The second-order valence-corrected chi connectivity index (χ2v) is 7.98. The maximum Gasteiger partial charge on any atom is 0.250 e. The Morgan fingerprint density at radius 1 is 0.909 bits per heavy atom. The Hall–Kier alpha value is -3.26. The molecule has 2 rings (SSSR count). The Bertz CT molecular complexity index is 946. The summed E-state index contributed by atoms with van der Waals surface area (Å²) in [5.41, 5.74) is 16.0. The van der Waals surface area contributed by atoms with Crippen LogP contribution in [0.3, 0.4) is 0 Å². The largest absolute Gasteiger partial charge is 0.382 e. The van der Waals surface area contributed by atoms with E-state index in [1.54, 1.807) is 12.2 Å². The van der Waals surface area contributed by atoms with Crippen molar-refractivity contribution in [2.24, 2.45) is 11.5 Å². The smallest absolute Gasteiger partial charge is 0.250 e.